The van der Waals surface area contributed by atoms with Gasteiger partial charge in [0.1, 0.15) is 5.60 Å². The molecule has 1 heterocycles. The maximum Gasteiger partial charge on any atom is 0.410 e. The van der Waals surface area contributed by atoms with Gasteiger partial charge in [-0.1, -0.05) is 17.7 Å². The molecular weight excluding hydrogens is 335 g/mol. The van der Waals surface area contributed by atoms with Gasteiger partial charge in [-0.15, -0.1) is 0 Å². The Balaban J connectivity index is 1.89. The van der Waals surface area contributed by atoms with E-state index in [2.05, 4.69) is 5.32 Å². The Kier molecular flexibility index (Phi) is 5.70. The van der Waals surface area contributed by atoms with Crippen molar-refractivity contribution >= 4 is 29.3 Å². The fourth-order valence-electron chi connectivity index (χ4n) is 2.49. The highest BCUT2D eigenvalue weighted by molar-refractivity contribution is 6.31. The second-order valence-electron chi connectivity index (χ2n) is 6.83. The third-order valence-corrected chi connectivity index (χ3v) is 4.02. The zero-order valence-corrected chi connectivity index (χ0v) is 14.8. The Labute approximate surface area is 146 Å². The molecule has 2 rings (SSSR count). The van der Waals surface area contributed by atoms with Gasteiger partial charge in [-0.3, -0.25) is 4.79 Å². The van der Waals surface area contributed by atoms with Crippen molar-refractivity contribution < 1.29 is 18.7 Å². The molecule has 0 saturated carbocycles. The lowest BCUT2D eigenvalue weighted by Gasteiger charge is -2.32. The first-order chi connectivity index (χ1) is 11.2. The van der Waals surface area contributed by atoms with E-state index in [0.717, 1.165) is 0 Å². The maximum atomic E-state index is 13.8. The van der Waals surface area contributed by atoms with Gasteiger partial charge in [-0.05, 0) is 45.7 Å². The molecule has 1 aromatic rings. The molecule has 132 valence electrons. The molecule has 0 atom stereocenters. The monoisotopic (exact) mass is 356 g/mol. The van der Waals surface area contributed by atoms with Gasteiger partial charge >= 0.3 is 6.09 Å². The summed E-state index contributed by atoms with van der Waals surface area (Å²) in [6, 6.07) is 4.47. The summed E-state index contributed by atoms with van der Waals surface area (Å²) in [6.07, 6.45) is 0.641. The first kappa shape index (κ1) is 18.5. The van der Waals surface area contributed by atoms with E-state index in [4.69, 9.17) is 16.3 Å². The summed E-state index contributed by atoms with van der Waals surface area (Å²) in [5.74, 6) is -1.18. The number of nitrogens with one attached hydrogen (secondary N) is 1. The summed E-state index contributed by atoms with van der Waals surface area (Å²) < 4.78 is 19.2. The van der Waals surface area contributed by atoms with Crippen LogP contribution in [0.25, 0.3) is 0 Å². The number of ether oxygens (including phenoxy) is 1. The molecule has 1 saturated heterocycles. The van der Waals surface area contributed by atoms with Crippen LogP contribution in [-0.4, -0.2) is 35.6 Å². The largest absolute Gasteiger partial charge is 0.444 e. The van der Waals surface area contributed by atoms with E-state index in [1.165, 1.54) is 12.1 Å². The molecule has 0 unspecified atom stereocenters. The highest BCUT2D eigenvalue weighted by Gasteiger charge is 2.30. The van der Waals surface area contributed by atoms with Gasteiger partial charge in [0.2, 0.25) is 5.91 Å². The predicted octanol–water partition coefficient (Wildman–Crippen LogP) is 4.06. The molecule has 7 heteroatoms. The van der Waals surface area contributed by atoms with Crippen molar-refractivity contribution in [2.45, 2.75) is 39.2 Å². The quantitative estimate of drug-likeness (QED) is 0.869. The molecule has 1 fully saturated rings. The van der Waals surface area contributed by atoms with Crippen molar-refractivity contribution in [2.24, 2.45) is 5.92 Å². The van der Waals surface area contributed by atoms with Gasteiger partial charge in [0, 0.05) is 19.0 Å². The van der Waals surface area contributed by atoms with Gasteiger partial charge < -0.3 is 15.0 Å². The van der Waals surface area contributed by atoms with Crippen LogP contribution in [0.4, 0.5) is 14.9 Å². The number of piperidine rings is 1. The minimum Gasteiger partial charge on any atom is -0.444 e. The van der Waals surface area contributed by atoms with Gasteiger partial charge in [-0.2, -0.15) is 0 Å². The topological polar surface area (TPSA) is 58.6 Å². The molecule has 1 N–H and O–H groups in total. The van der Waals surface area contributed by atoms with Crippen molar-refractivity contribution in [3.8, 4) is 0 Å². The third-order valence-electron chi connectivity index (χ3n) is 3.73. The van der Waals surface area contributed by atoms with Crippen LogP contribution in [0, 0.1) is 11.7 Å². The van der Waals surface area contributed by atoms with E-state index < -0.39 is 11.4 Å². The average Bonchev–Trinajstić information content (AvgIpc) is 2.50. The highest BCUT2D eigenvalue weighted by atomic mass is 35.5. The molecule has 0 spiro atoms. The number of carbonyl (C=O) groups is 2. The smallest absolute Gasteiger partial charge is 0.410 e. The molecule has 0 bridgehead atoms. The predicted molar refractivity (Wildman–Crippen MR) is 90.6 cm³/mol. The number of anilines is 1. The fraction of sp³-hybridized carbons (Fsp3) is 0.529. The van der Waals surface area contributed by atoms with Gasteiger partial charge in [-0.25, -0.2) is 9.18 Å². The molecule has 0 aliphatic carbocycles. The number of halogens is 2. The van der Waals surface area contributed by atoms with Gasteiger partial charge in [0.15, 0.2) is 5.82 Å². The minimum atomic E-state index is -0.640. The van der Waals surface area contributed by atoms with E-state index in [9.17, 15) is 14.0 Å². The molecule has 1 aliphatic rings. The number of likely N-dealkylation sites (tertiary alicyclic amines) is 1. The first-order valence-corrected chi connectivity index (χ1v) is 8.28. The summed E-state index contributed by atoms with van der Waals surface area (Å²) in [7, 11) is 0. The summed E-state index contributed by atoms with van der Waals surface area (Å²) in [5, 5.41) is 2.54. The number of benzene rings is 1. The molecule has 0 radical (unpaired) electrons. The first-order valence-electron chi connectivity index (χ1n) is 7.90. The van der Waals surface area contributed by atoms with Crippen molar-refractivity contribution in [1.82, 2.24) is 4.90 Å². The second-order valence-corrected chi connectivity index (χ2v) is 7.24. The van der Waals surface area contributed by atoms with Crippen molar-refractivity contribution in [3.63, 3.8) is 0 Å². The molecule has 2 amide bonds. The Morgan fingerprint density at radius 2 is 1.92 bits per heavy atom. The summed E-state index contributed by atoms with van der Waals surface area (Å²) in [6.45, 7) is 6.30. The summed E-state index contributed by atoms with van der Waals surface area (Å²) in [4.78, 5) is 25.9. The standard InChI is InChI=1S/C17H22ClFN2O3/c1-17(2,3)24-16(23)21-9-7-11(8-10-21)15(22)20-13-6-4-5-12(18)14(13)19/h4-6,11H,7-10H2,1-3H3,(H,20,22). The van der Waals surface area contributed by atoms with E-state index >= 15 is 0 Å². The highest BCUT2D eigenvalue weighted by Crippen LogP contribution is 2.25. The van der Waals surface area contributed by atoms with Crippen LogP contribution in [0.15, 0.2) is 18.2 Å². The number of nitrogens with zero attached hydrogens (tertiary/aromatic N) is 1. The maximum absolute atomic E-state index is 13.8. The van der Waals surface area contributed by atoms with Crippen LogP contribution in [0.5, 0.6) is 0 Å². The van der Waals surface area contributed by atoms with E-state index in [1.807, 2.05) is 20.8 Å². The SMILES string of the molecule is CC(C)(C)OC(=O)N1CCC(C(=O)Nc2cccc(Cl)c2F)CC1. The lowest BCUT2D eigenvalue weighted by Crippen LogP contribution is -2.43. The van der Waals surface area contributed by atoms with Crippen LogP contribution < -0.4 is 5.32 Å². The Bertz CT molecular complexity index is 623. The zero-order valence-electron chi connectivity index (χ0n) is 14.1. The average molecular weight is 357 g/mol. The molecular formula is C17H22ClFN2O3. The molecule has 24 heavy (non-hydrogen) atoms. The van der Waals surface area contributed by atoms with Crippen LogP contribution in [0.1, 0.15) is 33.6 Å². The number of rotatable bonds is 2. The van der Waals surface area contributed by atoms with Crippen molar-refractivity contribution in [3.05, 3.63) is 29.0 Å². The molecule has 5 nitrogen and oxygen atoms in total. The minimum absolute atomic E-state index is 0.0347. The van der Waals surface area contributed by atoms with Crippen LogP contribution >= 0.6 is 11.6 Å². The van der Waals surface area contributed by atoms with E-state index in [-0.39, 0.29) is 28.6 Å². The number of hydrogen-bond donors (Lipinski definition) is 1. The van der Waals surface area contributed by atoms with E-state index in [0.29, 0.717) is 25.9 Å². The van der Waals surface area contributed by atoms with Crippen LogP contribution in [-0.2, 0) is 9.53 Å². The Hall–Kier alpha value is -1.82. The zero-order chi connectivity index (χ0) is 17.9. The molecule has 0 aromatic heterocycles. The number of hydrogen-bond acceptors (Lipinski definition) is 3. The second kappa shape index (κ2) is 7.38. The molecule has 1 aliphatic heterocycles. The molecule has 1 aromatic carbocycles. The lowest BCUT2D eigenvalue weighted by molar-refractivity contribution is -0.121. The Morgan fingerprint density at radius 1 is 1.29 bits per heavy atom. The van der Waals surface area contributed by atoms with Gasteiger partial charge in [0.05, 0.1) is 10.7 Å². The van der Waals surface area contributed by atoms with Crippen molar-refractivity contribution in [2.75, 3.05) is 18.4 Å². The normalized spacial score (nSPS) is 16.0. The van der Waals surface area contributed by atoms with Crippen molar-refractivity contribution in [1.29, 1.82) is 0 Å². The third kappa shape index (κ3) is 4.84. The number of amides is 2. The number of carbonyl (C=O) groups excluding carboxylic acids is 2. The fourth-order valence-corrected chi connectivity index (χ4v) is 2.66. The van der Waals surface area contributed by atoms with Gasteiger partial charge in [0.25, 0.3) is 0 Å². The van der Waals surface area contributed by atoms with E-state index in [1.54, 1.807) is 11.0 Å². The summed E-state index contributed by atoms with van der Waals surface area (Å²) >= 11 is 5.71. The summed E-state index contributed by atoms with van der Waals surface area (Å²) in [5.41, 5.74) is -0.475. The lowest BCUT2D eigenvalue weighted by atomic mass is 9.96. The van der Waals surface area contributed by atoms with Crippen LogP contribution in [0.2, 0.25) is 5.02 Å². The Morgan fingerprint density at radius 3 is 2.50 bits per heavy atom. The van der Waals surface area contributed by atoms with Crippen LogP contribution in [0.3, 0.4) is 0 Å².